The number of hydrogen-bond acceptors (Lipinski definition) is 3. The van der Waals surface area contributed by atoms with Crippen molar-refractivity contribution in [2.75, 3.05) is 13.1 Å². The van der Waals surface area contributed by atoms with Gasteiger partial charge in [-0.15, -0.1) is 0 Å². The van der Waals surface area contributed by atoms with E-state index in [0.717, 1.165) is 5.56 Å². The molecule has 0 spiro atoms. The highest BCUT2D eigenvalue weighted by atomic mass is 32.2. The van der Waals surface area contributed by atoms with Gasteiger partial charge in [-0.2, -0.15) is 12.7 Å². The number of hydrogen-bond donors (Lipinski definition) is 2. The Labute approximate surface area is 116 Å². The lowest BCUT2D eigenvalue weighted by Gasteiger charge is -2.21. The first kappa shape index (κ1) is 16.1. The second kappa shape index (κ2) is 7.59. The van der Waals surface area contributed by atoms with Crippen molar-refractivity contribution in [3.63, 3.8) is 0 Å². The zero-order valence-electron chi connectivity index (χ0n) is 11.5. The van der Waals surface area contributed by atoms with Gasteiger partial charge in [0.1, 0.15) is 0 Å². The van der Waals surface area contributed by atoms with Crippen molar-refractivity contribution in [2.24, 2.45) is 5.73 Å². The third kappa shape index (κ3) is 5.69. The van der Waals surface area contributed by atoms with Crippen LogP contribution in [0.3, 0.4) is 0 Å². The van der Waals surface area contributed by atoms with Crippen LogP contribution < -0.4 is 10.5 Å². The fourth-order valence-electron chi connectivity index (χ4n) is 1.66. The van der Waals surface area contributed by atoms with Crippen LogP contribution in [0.1, 0.15) is 25.8 Å². The molecule has 19 heavy (non-hydrogen) atoms. The summed E-state index contributed by atoms with van der Waals surface area (Å²) in [4.78, 5) is 0. The molecule has 0 fully saturated rings. The van der Waals surface area contributed by atoms with Gasteiger partial charge in [-0.05, 0) is 18.9 Å². The molecule has 5 nitrogen and oxygen atoms in total. The predicted molar refractivity (Wildman–Crippen MR) is 77.7 cm³/mol. The van der Waals surface area contributed by atoms with Crippen molar-refractivity contribution in [2.45, 2.75) is 32.9 Å². The largest absolute Gasteiger partial charge is 0.328 e. The summed E-state index contributed by atoms with van der Waals surface area (Å²) in [6, 6.07) is 9.54. The summed E-state index contributed by atoms with van der Waals surface area (Å²) in [7, 11) is -3.44. The van der Waals surface area contributed by atoms with E-state index in [1.165, 1.54) is 4.31 Å². The summed E-state index contributed by atoms with van der Waals surface area (Å²) in [5.41, 5.74) is 6.58. The molecule has 0 aliphatic rings. The van der Waals surface area contributed by atoms with Crippen LogP contribution in [-0.2, 0) is 16.8 Å². The van der Waals surface area contributed by atoms with E-state index in [-0.39, 0.29) is 6.04 Å². The van der Waals surface area contributed by atoms with Crippen molar-refractivity contribution < 1.29 is 8.42 Å². The Hall–Kier alpha value is -0.950. The zero-order valence-corrected chi connectivity index (χ0v) is 12.4. The molecule has 1 rings (SSSR count). The molecule has 0 saturated heterocycles. The first-order valence-electron chi connectivity index (χ1n) is 6.50. The van der Waals surface area contributed by atoms with E-state index in [4.69, 9.17) is 5.73 Å². The molecule has 3 N–H and O–H groups in total. The Morgan fingerprint density at radius 2 is 1.95 bits per heavy atom. The molecule has 0 saturated carbocycles. The topological polar surface area (TPSA) is 75.4 Å². The van der Waals surface area contributed by atoms with Gasteiger partial charge in [-0.3, -0.25) is 0 Å². The van der Waals surface area contributed by atoms with Gasteiger partial charge in [-0.25, -0.2) is 4.72 Å². The Kier molecular flexibility index (Phi) is 6.44. The molecule has 108 valence electrons. The van der Waals surface area contributed by atoms with Crippen LogP contribution in [0.15, 0.2) is 30.3 Å². The van der Waals surface area contributed by atoms with E-state index in [0.29, 0.717) is 26.1 Å². The molecule has 0 aliphatic carbocycles. The van der Waals surface area contributed by atoms with E-state index >= 15 is 0 Å². The molecule has 0 aromatic heterocycles. The molecular weight excluding hydrogens is 262 g/mol. The Morgan fingerprint density at radius 3 is 2.47 bits per heavy atom. The molecule has 0 radical (unpaired) electrons. The summed E-state index contributed by atoms with van der Waals surface area (Å²) in [6.45, 7) is 4.86. The number of nitrogens with zero attached hydrogens (tertiary/aromatic N) is 1. The third-order valence-corrected chi connectivity index (χ3v) is 4.41. The van der Waals surface area contributed by atoms with Crippen molar-refractivity contribution in [1.29, 1.82) is 0 Å². The lowest BCUT2D eigenvalue weighted by molar-refractivity contribution is 0.413. The minimum atomic E-state index is -3.44. The lowest BCUT2D eigenvalue weighted by atomic mass is 10.2. The molecule has 0 amide bonds. The van der Waals surface area contributed by atoms with Gasteiger partial charge in [-0.1, -0.05) is 37.3 Å². The van der Waals surface area contributed by atoms with Gasteiger partial charge in [0.25, 0.3) is 10.2 Å². The summed E-state index contributed by atoms with van der Waals surface area (Å²) in [5.74, 6) is 0. The monoisotopic (exact) mass is 285 g/mol. The molecule has 1 aromatic rings. The maximum absolute atomic E-state index is 12.1. The quantitative estimate of drug-likeness (QED) is 0.750. The van der Waals surface area contributed by atoms with Crippen LogP contribution in [0.5, 0.6) is 0 Å². The van der Waals surface area contributed by atoms with Crippen molar-refractivity contribution in [3.8, 4) is 0 Å². The fourth-order valence-corrected chi connectivity index (χ4v) is 2.88. The van der Waals surface area contributed by atoms with E-state index in [1.54, 1.807) is 0 Å². The molecule has 6 heteroatoms. The predicted octanol–water partition coefficient (Wildman–Crippen LogP) is 1.08. The molecule has 0 aliphatic heterocycles. The minimum absolute atomic E-state index is 0.00750. The summed E-state index contributed by atoms with van der Waals surface area (Å²) >= 11 is 0. The maximum atomic E-state index is 12.1. The molecule has 1 unspecified atom stereocenters. The van der Waals surface area contributed by atoms with E-state index < -0.39 is 10.2 Å². The summed E-state index contributed by atoms with van der Waals surface area (Å²) in [6.07, 6.45) is 0.627. The van der Waals surface area contributed by atoms with Crippen LogP contribution in [0.25, 0.3) is 0 Å². The van der Waals surface area contributed by atoms with Crippen LogP contribution in [0.2, 0.25) is 0 Å². The highest BCUT2D eigenvalue weighted by molar-refractivity contribution is 7.87. The highest BCUT2D eigenvalue weighted by Gasteiger charge is 2.19. The van der Waals surface area contributed by atoms with Crippen LogP contribution in [0, 0.1) is 0 Å². The van der Waals surface area contributed by atoms with Gasteiger partial charge < -0.3 is 5.73 Å². The van der Waals surface area contributed by atoms with Crippen molar-refractivity contribution in [3.05, 3.63) is 35.9 Å². The first-order chi connectivity index (χ1) is 8.95. The van der Waals surface area contributed by atoms with E-state index in [1.807, 2.05) is 44.2 Å². The van der Waals surface area contributed by atoms with Gasteiger partial charge >= 0.3 is 0 Å². The molecule has 1 aromatic carbocycles. The summed E-state index contributed by atoms with van der Waals surface area (Å²) in [5, 5.41) is 0. The van der Waals surface area contributed by atoms with Crippen molar-refractivity contribution in [1.82, 2.24) is 9.03 Å². The van der Waals surface area contributed by atoms with E-state index in [2.05, 4.69) is 4.72 Å². The van der Waals surface area contributed by atoms with Crippen LogP contribution in [0.4, 0.5) is 0 Å². The normalized spacial score (nSPS) is 13.7. The fraction of sp³-hybridized carbons (Fsp3) is 0.538. The van der Waals surface area contributed by atoms with Gasteiger partial charge in [0, 0.05) is 25.7 Å². The standard InChI is InChI=1S/C13H23N3O2S/c1-3-16(11-13-7-5-4-6-8-13)19(17,18)15-10-9-12(2)14/h4-8,12,15H,3,9-11,14H2,1-2H3. The summed E-state index contributed by atoms with van der Waals surface area (Å²) < 4.78 is 28.2. The molecular formula is C13H23N3O2S. The highest BCUT2D eigenvalue weighted by Crippen LogP contribution is 2.07. The number of rotatable bonds is 8. The smallest absolute Gasteiger partial charge is 0.279 e. The second-order valence-corrected chi connectivity index (χ2v) is 6.33. The average molecular weight is 285 g/mol. The van der Waals surface area contributed by atoms with Gasteiger partial charge in [0.2, 0.25) is 0 Å². The number of nitrogens with two attached hydrogens (primary N) is 1. The molecule has 0 heterocycles. The average Bonchev–Trinajstić information content (AvgIpc) is 2.36. The SMILES string of the molecule is CCN(Cc1ccccc1)S(=O)(=O)NCCC(C)N. The third-order valence-electron chi connectivity index (χ3n) is 2.78. The Morgan fingerprint density at radius 1 is 1.32 bits per heavy atom. The second-order valence-electron chi connectivity index (χ2n) is 4.58. The number of benzene rings is 1. The van der Waals surface area contributed by atoms with E-state index in [9.17, 15) is 8.42 Å². The van der Waals surface area contributed by atoms with Crippen molar-refractivity contribution >= 4 is 10.2 Å². The van der Waals surface area contributed by atoms with Crippen LogP contribution >= 0.6 is 0 Å². The first-order valence-corrected chi connectivity index (χ1v) is 7.94. The lowest BCUT2D eigenvalue weighted by Crippen LogP contribution is -2.41. The molecule has 1 atom stereocenters. The van der Waals surface area contributed by atoms with Gasteiger partial charge in [0.15, 0.2) is 0 Å². The maximum Gasteiger partial charge on any atom is 0.279 e. The van der Waals surface area contributed by atoms with Crippen LogP contribution in [-0.4, -0.2) is 31.9 Å². The minimum Gasteiger partial charge on any atom is -0.328 e. The number of nitrogens with one attached hydrogen (secondary N) is 1. The molecule has 0 bridgehead atoms. The Balaban J connectivity index is 2.62. The van der Waals surface area contributed by atoms with Gasteiger partial charge in [0.05, 0.1) is 0 Å². The zero-order chi connectivity index (χ0) is 14.3. The Bertz CT molecular complexity index is 460.